The van der Waals surface area contributed by atoms with Gasteiger partial charge in [-0.15, -0.1) is 0 Å². The van der Waals surface area contributed by atoms with Crippen LogP contribution >= 0.6 is 0 Å². The van der Waals surface area contributed by atoms with Crippen LogP contribution in [0.25, 0.3) is 0 Å². The first-order valence-electron chi connectivity index (χ1n) is 7.34. The second-order valence-corrected chi connectivity index (χ2v) is 6.65. The lowest BCUT2D eigenvalue weighted by Crippen LogP contribution is -2.43. The van der Waals surface area contributed by atoms with Gasteiger partial charge in [0.2, 0.25) is 0 Å². The molecule has 1 fully saturated rings. The maximum absolute atomic E-state index is 12.6. The van der Waals surface area contributed by atoms with Gasteiger partial charge in [-0.3, -0.25) is 9.59 Å². The Morgan fingerprint density at radius 3 is 2.81 bits per heavy atom. The van der Waals surface area contributed by atoms with Gasteiger partial charge in [0, 0.05) is 37.4 Å². The van der Waals surface area contributed by atoms with Crippen molar-refractivity contribution in [2.75, 3.05) is 18.0 Å². The van der Waals surface area contributed by atoms with Crippen molar-refractivity contribution in [2.24, 2.45) is 5.92 Å². The van der Waals surface area contributed by atoms with Crippen LogP contribution in [0.4, 0.5) is 5.82 Å². The topological polar surface area (TPSA) is 75.4 Å². The van der Waals surface area contributed by atoms with E-state index in [0.29, 0.717) is 12.4 Å². The van der Waals surface area contributed by atoms with Gasteiger partial charge in [-0.05, 0) is 39.5 Å². The normalized spacial score (nSPS) is 19.6. The lowest BCUT2D eigenvalue weighted by Gasteiger charge is -2.33. The van der Waals surface area contributed by atoms with E-state index in [9.17, 15) is 9.59 Å². The Bertz CT molecular complexity index is 574. The lowest BCUT2D eigenvalue weighted by molar-refractivity contribution is -0.138. The first kappa shape index (κ1) is 15.5. The van der Waals surface area contributed by atoms with Crippen molar-refractivity contribution in [1.29, 1.82) is 0 Å². The van der Waals surface area contributed by atoms with E-state index in [1.165, 1.54) is 0 Å². The van der Waals surface area contributed by atoms with Crippen LogP contribution in [0.3, 0.4) is 0 Å². The van der Waals surface area contributed by atoms with Crippen LogP contribution < -0.4 is 10.5 Å². The first-order chi connectivity index (χ1) is 9.79. The molecule has 1 atom stereocenters. The number of aliphatic carboxylic acids is 1. The number of carbonyl (C=O) groups is 1. The summed E-state index contributed by atoms with van der Waals surface area (Å²) in [6.07, 6.45) is 5.27. The molecule has 1 N–H and O–H groups in total. The molecule has 1 aromatic heterocycles. The molecule has 0 radical (unpaired) electrons. The highest BCUT2D eigenvalue weighted by Gasteiger charge is 2.26. The van der Waals surface area contributed by atoms with E-state index in [2.05, 4.69) is 4.98 Å². The van der Waals surface area contributed by atoms with E-state index < -0.39 is 5.97 Å². The average molecular weight is 293 g/mol. The van der Waals surface area contributed by atoms with Crippen molar-refractivity contribution in [3.63, 3.8) is 0 Å². The molecule has 1 aliphatic heterocycles. The van der Waals surface area contributed by atoms with E-state index >= 15 is 0 Å². The van der Waals surface area contributed by atoms with Gasteiger partial charge in [0.1, 0.15) is 0 Å². The van der Waals surface area contributed by atoms with Crippen molar-refractivity contribution in [3.05, 3.63) is 22.7 Å². The molecule has 1 saturated heterocycles. The van der Waals surface area contributed by atoms with E-state index in [4.69, 9.17) is 5.11 Å². The number of hydrogen-bond donors (Lipinski definition) is 1. The van der Waals surface area contributed by atoms with Crippen LogP contribution in [0.5, 0.6) is 0 Å². The monoisotopic (exact) mass is 293 g/mol. The molecule has 0 bridgehead atoms. The van der Waals surface area contributed by atoms with Crippen LogP contribution in [0.15, 0.2) is 17.2 Å². The van der Waals surface area contributed by atoms with Crippen LogP contribution in [0.1, 0.15) is 40.0 Å². The molecule has 0 aliphatic carbocycles. The molecule has 6 heteroatoms. The molecular weight excluding hydrogens is 270 g/mol. The Morgan fingerprint density at radius 1 is 1.48 bits per heavy atom. The van der Waals surface area contributed by atoms with E-state index in [0.717, 1.165) is 19.4 Å². The SMILES string of the molecule is CC(C)(C)n1ccnc(N2CCCC(CC(=O)O)C2)c1=O. The van der Waals surface area contributed by atoms with Gasteiger partial charge < -0.3 is 14.6 Å². The van der Waals surface area contributed by atoms with Crippen molar-refractivity contribution in [3.8, 4) is 0 Å². The van der Waals surface area contributed by atoms with Gasteiger partial charge >= 0.3 is 5.97 Å². The second-order valence-electron chi connectivity index (χ2n) is 6.65. The highest BCUT2D eigenvalue weighted by molar-refractivity contribution is 5.67. The minimum Gasteiger partial charge on any atom is -0.481 e. The summed E-state index contributed by atoms with van der Waals surface area (Å²) in [6, 6.07) is 0. The zero-order valence-corrected chi connectivity index (χ0v) is 12.9. The lowest BCUT2D eigenvalue weighted by atomic mass is 9.95. The minimum atomic E-state index is -0.782. The number of hydrogen-bond acceptors (Lipinski definition) is 4. The van der Waals surface area contributed by atoms with Crippen molar-refractivity contribution >= 4 is 11.8 Å². The standard InChI is InChI=1S/C15H23N3O3/c1-15(2,3)18-8-6-16-13(14(18)21)17-7-4-5-11(10-17)9-12(19)20/h6,8,11H,4-5,7,9-10H2,1-3H3,(H,19,20). The molecule has 116 valence electrons. The van der Waals surface area contributed by atoms with E-state index in [-0.39, 0.29) is 23.4 Å². The van der Waals surface area contributed by atoms with Crippen molar-refractivity contribution in [2.45, 2.75) is 45.6 Å². The molecule has 6 nitrogen and oxygen atoms in total. The van der Waals surface area contributed by atoms with Gasteiger partial charge in [-0.25, -0.2) is 4.98 Å². The summed E-state index contributed by atoms with van der Waals surface area (Å²) in [5.41, 5.74) is -0.411. The molecule has 0 saturated carbocycles. The molecule has 2 heterocycles. The Labute approximate surface area is 124 Å². The van der Waals surface area contributed by atoms with Crippen LogP contribution in [-0.2, 0) is 10.3 Å². The largest absolute Gasteiger partial charge is 0.481 e. The third-order valence-corrected chi connectivity index (χ3v) is 3.83. The molecule has 2 rings (SSSR count). The number of nitrogens with zero attached hydrogens (tertiary/aromatic N) is 3. The number of carboxylic acid groups (broad SMARTS) is 1. The molecule has 0 amide bonds. The third kappa shape index (κ3) is 3.62. The highest BCUT2D eigenvalue weighted by Crippen LogP contribution is 2.22. The van der Waals surface area contributed by atoms with Crippen molar-refractivity contribution in [1.82, 2.24) is 9.55 Å². The van der Waals surface area contributed by atoms with Crippen molar-refractivity contribution < 1.29 is 9.90 Å². The average Bonchev–Trinajstić information content (AvgIpc) is 2.37. The zero-order valence-electron chi connectivity index (χ0n) is 12.9. The summed E-state index contributed by atoms with van der Waals surface area (Å²) in [5.74, 6) is -0.266. The number of carboxylic acids is 1. The van der Waals surface area contributed by atoms with Gasteiger partial charge in [-0.1, -0.05) is 0 Å². The Kier molecular flexibility index (Phi) is 4.34. The maximum Gasteiger partial charge on any atom is 0.303 e. The maximum atomic E-state index is 12.6. The molecular formula is C15H23N3O3. The highest BCUT2D eigenvalue weighted by atomic mass is 16.4. The van der Waals surface area contributed by atoms with Crippen LogP contribution in [0, 0.1) is 5.92 Å². The van der Waals surface area contributed by atoms with Gasteiger partial charge in [0.15, 0.2) is 5.82 Å². The molecule has 1 aromatic rings. The Hall–Kier alpha value is -1.85. The summed E-state index contributed by atoms with van der Waals surface area (Å²) in [4.78, 5) is 29.6. The number of anilines is 1. The van der Waals surface area contributed by atoms with Crippen LogP contribution in [-0.4, -0.2) is 33.7 Å². The van der Waals surface area contributed by atoms with Crippen LogP contribution in [0.2, 0.25) is 0 Å². The molecule has 0 spiro atoms. The second kappa shape index (κ2) is 5.87. The summed E-state index contributed by atoms with van der Waals surface area (Å²) in [5, 5.41) is 8.93. The van der Waals surface area contributed by atoms with E-state index in [1.54, 1.807) is 17.0 Å². The van der Waals surface area contributed by atoms with Gasteiger partial charge in [0.05, 0.1) is 0 Å². The molecule has 1 unspecified atom stereocenters. The molecule has 0 aromatic carbocycles. The fourth-order valence-corrected chi connectivity index (χ4v) is 2.82. The summed E-state index contributed by atoms with van der Waals surface area (Å²) >= 11 is 0. The quantitative estimate of drug-likeness (QED) is 0.918. The number of piperidine rings is 1. The van der Waals surface area contributed by atoms with Gasteiger partial charge in [0.25, 0.3) is 5.56 Å². The number of rotatable bonds is 3. The first-order valence-corrected chi connectivity index (χ1v) is 7.34. The number of aromatic nitrogens is 2. The Morgan fingerprint density at radius 2 is 2.19 bits per heavy atom. The summed E-state index contributed by atoms with van der Waals surface area (Å²) in [7, 11) is 0. The summed E-state index contributed by atoms with van der Waals surface area (Å²) < 4.78 is 1.68. The zero-order chi connectivity index (χ0) is 15.6. The third-order valence-electron chi connectivity index (χ3n) is 3.83. The van der Waals surface area contributed by atoms with E-state index in [1.807, 2.05) is 25.7 Å². The fraction of sp³-hybridized carbons (Fsp3) is 0.667. The predicted molar refractivity (Wildman–Crippen MR) is 80.7 cm³/mol. The Balaban J connectivity index is 2.26. The molecule has 1 aliphatic rings. The fourth-order valence-electron chi connectivity index (χ4n) is 2.82. The molecule has 21 heavy (non-hydrogen) atoms. The smallest absolute Gasteiger partial charge is 0.303 e. The summed E-state index contributed by atoms with van der Waals surface area (Å²) in [6.45, 7) is 7.26. The van der Waals surface area contributed by atoms with Gasteiger partial charge in [-0.2, -0.15) is 0 Å². The minimum absolute atomic E-state index is 0.0840. The predicted octanol–water partition coefficient (Wildman–Crippen LogP) is 1.69.